The lowest BCUT2D eigenvalue weighted by molar-refractivity contribution is -0.272. The minimum absolute atomic E-state index is 0.102. The molecule has 0 aromatic heterocycles. The average molecular weight is 462 g/mol. The van der Waals surface area contributed by atoms with Crippen molar-refractivity contribution in [3.63, 3.8) is 0 Å². The summed E-state index contributed by atoms with van der Waals surface area (Å²) in [6.45, 7) is 6.02. The Bertz CT molecular complexity index is 919. The summed E-state index contributed by atoms with van der Waals surface area (Å²) in [7, 11) is 3.34. The molecule has 1 aromatic carbocycles. The molecular weight excluding hydrogens is 426 g/mol. The number of anilines is 1. The van der Waals surface area contributed by atoms with Crippen LogP contribution >= 0.6 is 0 Å². The van der Waals surface area contributed by atoms with Crippen molar-refractivity contribution in [3.8, 4) is 5.75 Å². The Morgan fingerprint density at radius 3 is 2.85 bits per heavy atom. The summed E-state index contributed by atoms with van der Waals surface area (Å²) < 4.78 is 17.5. The maximum absolute atomic E-state index is 13.5. The van der Waals surface area contributed by atoms with Crippen molar-refractivity contribution in [2.45, 2.75) is 76.0 Å². The van der Waals surface area contributed by atoms with Crippen molar-refractivity contribution in [1.29, 1.82) is 0 Å². The Kier molecular flexibility index (Phi) is 6.70. The molecule has 3 aliphatic rings. The second-order valence-corrected chi connectivity index (χ2v) is 9.25. The molecular formula is C24H35N3O6. The number of amides is 1. The minimum atomic E-state index is -1.46. The summed E-state index contributed by atoms with van der Waals surface area (Å²) in [6, 6.07) is 4.57. The normalized spacial score (nSPS) is 37.4. The van der Waals surface area contributed by atoms with Gasteiger partial charge in [0.1, 0.15) is 23.7 Å². The number of carbonyl (C=O) groups excluding carboxylic acids is 1. The van der Waals surface area contributed by atoms with Gasteiger partial charge in [0, 0.05) is 19.3 Å². The highest BCUT2D eigenvalue weighted by molar-refractivity contribution is 6.01. The highest BCUT2D eigenvalue weighted by Crippen LogP contribution is 2.36. The number of rotatable bonds is 5. The van der Waals surface area contributed by atoms with Gasteiger partial charge >= 0.3 is 0 Å². The van der Waals surface area contributed by atoms with Crippen LogP contribution in [0.1, 0.15) is 44.0 Å². The molecule has 3 aliphatic heterocycles. The van der Waals surface area contributed by atoms with Crippen molar-refractivity contribution in [2.75, 3.05) is 26.0 Å². The number of ether oxygens (including phenoxy) is 3. The Hall–Kier alpha value is -2.17. The zero-order valence-electron chi connectivity index (χ0n) is 19.9. The van der Waals surface area contributed by atoms with E-state index in [-0.39, 0.29) is 18.2 Å². The van der Waals surface area contributed by atoms with E-state index in [0.29, 0.717) is 23.5 Å². The van der Waals surface area contributed by atoms with Gasteiger partial charge in [0.2, 0.25) is 6.29 Å². The molecule has 182 valence electrons. The molecule has 0 radical (unpaired) electrons. The van der Waals surface area contributed by atoms with Gasteiger partial charge in [-0.25, -0.2) is 0 Å². The average Bonchev–Trinajstić information content (AvgIpc) is 3.15. The molecule has 3 heterocycles. The van der Waals surface area contributed by atoms with Crippen molar-refractivity contribution in [1.82, 2.24) is 10.2 Å². The van der Waals surface area contributed by atoms with Gasteiger partial charge in [-0.3, -0.25) is 4.79 Å². The molecule has 0 aliphatic carbocycles. The molecule has 1 aromatic rings. The second-order valence-electron chi connectivity index (χ2n) is 9.25. The van der Waals surface area contributed by atoms with Crippen LogP contribution in [0.3, 0.4) is 0 Å². The van der Waals surface area contributed by atoms with E-state index in [1.807, 2.05) is 11.8 Å². The third-order valence-electron chi connectivity index (χ3n) is 6.99. The standard InChI is InChI=1S/C24H35N3O6/c1-6-7-14-10-18-21(31-5)26-17-9-8-15(11-16(17)22(29)27(18)12-14)33-23-20(28)24(3,30)19(25-4)13(2)32-23/h7-9,11,13,18-21,23,25-26,28,30H,6,10,12H2,1-5H3/b14-7-/t13-,18?,19-,20-,21?,23-,24+/m0/s1. The van der Waals surface area contributed by atoms with Gasteiger partial charge in [-0.05, 0) is 51.9 Å². The van der Waals surface area contributed by atoms with Crippen LogP contribution in [-0.2, 0) is 9.47 Å². The van der Waals surface area contributed by atoms with E-state index in [9.17, 15) is 15.0 Å². The maximum atomic E-state index is 13.5. The summed E-state index contributed by atoms with van der Waals surface area (Å²) in [5, 5.41) is 27.9. The lowest BCUT2D eigenvalue weighted by Gasteiger charge is -2.47. The molecule has 2 fully saturated rings. The molecule has 1 amide bonds. The number of hydrogen-bond donors (Lipinski definition) is 4. The van der Waals surface area contributed by atoms with Gasteiger partial charge in [0.25, 0.3) is 5.91 Å². The number of nitrogens with one attached hydrogen (secondary N) is 2. The van der Waals surface area contributed by atoms with Gasteiger partial charge in [0.05, 0.1) is 23.8 Å². The zero-order chi connectivity index (χ0) is 23.9. The van der Waals surface area contributed by atoms with Crippen LogP contribution in [0.2, 0.25) is 0 Å². The molecule has 2 unspecified atom stereocenters. The first-order chi connectivity index (χ1) is 15.7. The number of nitrogens with zero attached hydrogens (tertiary/aromatic N) is 1. The number of carbonyl (C=O) groups is 1. The van der Waals surface area contributed by atoms with Gasteiger partial charge in [-0.15, -0.1) is 0 Å². The summed E-state index contributed by atoms with van der Waals surface area (Å²) in [5.74, 6) is 0.266. The van der Waals surface area contributed by atoms with Crippen LogP contribution in [0.5, 0.6) is 5.75 Å². The topological polar surface area (TPSA) is 113 Å². The van der Waals surface area contributed by atoms with E-state index in [1.165, 1.54) is 5.57 Å². The molecule has 2 saturated heterocycles. The largest absolute Gasteiger partial charge is 0.462 e. The van der Waals surface area contributed by atoms with E-state index in [4.69, 9.17) is 14.2 Å². The van der Waals surface area contributed by atoms with Crippen molar-refractivity contribution >= 4 is 11.6 Å². The molecule has 0 saturated carbocycles. The molecule has 9 nitrogen and oxygen atoms in total. The van der Waals surface area contributed by atoms with Gasteiger partial charge in [-0.1, -0.05) is 18.6 Å². The van der Waals surface area contributed by atoms with Crippen LogP contribution < -0.4 is 15.4 Å². The molecule has 0 spiro atoms. The zero-order valence-corrected chi connectivity index (χ0v) is 19.9. The SMILES string of the molecule is CC/C=C1/CC2C(OC)Nc3ccc(O[C@@H]4O[C@@H](C)[C@H](NC)[C@@](C)(O)[C@H]4O)cc3C(=O)N2C1. The highest BCUT2D eigenvalue weighted by Gasteiger charge is 2.52. The molecule has 4 N–H and O–H groups in total. The lowest BCUT2D eigenvalue weighted by atomic mass is 9.84. The highest BCUT2D eigenvalue weighted by atomic mass is 16.7. The second kappa shape index (κ2) is 9.23. The predicted octanol–water partition coefficient (Wildman–Crippen LogP) is 1.46. The Labute approximate surface area is 194 Å². The summed E-state index contributed by atoms with van der Waals surface area (Å²) in [5.41, 5.74) is 0.893. The molecule has 9 heteroatoms. The van der Waals surface area contributed by atoms with Crippen molar-refractivity contribution < 1.29 is 29.2 Å². The van der Waals surface area contributed by atoms with Gasteiger partial charge in [-0.2, -0.15) is 0 Å². The Morgan fingerprint density at radius 2 is 2.18 bits per heavy atom. The Morgan fingerprint density at radius 1 is 1.42 bits per heavy atom. The quantitative estimate of drug-likeness (QED) is 0.488. The number of allylic oxidation sites excluding steroid dienone is 1. The number of fused-ring (bicyclic) bond motifs is 2. The van der Waals surface area contributed by atoms with Gasteiger partial charge < -0.3 is 40.0 Å². The number of methoxy groups -OCH3 is 1. The summed E-state index contributed by atoms with van der Waals surface area (Å²) >= 11 is 0. The minimum Gasteiger partial charge on any atom is -0.462 e. The fraction of sp³-hybridized carbons (Fsp3) is 0.625. The summed E-state index contributed by atoms with van der Waals surface area (Å²) in [4.78, 5) is 15.3. The Balaban J connectivity index is 1.60. The number of aliphatic hydroxyl groups is 2. The predicted molar refractivity (Wildman–Crippen MR) is 123 cm³/mol. The molecule has 4 rings (SSSR count). The number of aliphatic hydroxyl groups excluding tert-OH is 1. The lowest BCUT2D eigenvalue weighted by Crippen LogP contribution is -2.69. The summed E-state index contributed by atoms with van der Waals surface area (Å²) in [6.07, 6.45) is 0.747. The van der Waals surface area contributed by atoms with Crippen molar-refractivity contribution in [2.24, 2.45) is 0 Å². The fourth-order valence-corrected chi connectivity index (χ4v) is 5.28. The molecule has 7 atom stereocenters. The van der Waals surface area contributed by atoms with Crippen molar-refractivity contribution in [3.05, 3.63) is 35.4 Å². The van der Waals surface area contributed by atoms with E-state index < -0.39 is 30.1 Å². The first kappa shape index (κ1) is 24.0. The first-order valence-electron chi connectivity index (χ1n) is 11.5. The van der Waals surface area contributed by atoms with E-state index in [1.54, 1.807) is 39.3 Å². The molecule has 33 heavy (non-hydrogen) atoms. The number of likely N-dealkylation sites (N-methyl/N-ethyl adjacent to an activating group) is 1. The van der Waals surface area contributed by atoms with E-state index in [0.717, 1.165) is 12.8 Å². The third-order valence-corrected chi connectivity index (χ3v) is 6.99. The number of hydrogen-bond acceptors (Lipinski definition) is 8. The number of benzene rings is 1. The van der Waals surface area contributed by atoms with Crippen LogP contribution in [-0.4, -0.2) is 84.1 Å². The van der Waals surface area contributed by atoms with Crippen LogP contribution in [0.25, 0.3) is 0 Å². The third kappa shape index (κ3) is 4.24. The first-order valence-corrected chi connectivity index (χ1v) is 11.5. The maximum Gasteiger partial charge on any atom is 0.256 e. The van der Waals surface area contributed by atoms with Crippen LogP contribution in [0.15, 0.2) is 29.8 Å². The van der Waals surface area contributed by atoms with E-state index in [2.05, 4.69) is 23.6 Å². The van der Waals surface area contributed by atoms with Crippen LogP contribution in [0, 0.1) is 0 Å². The van der Waals surface area contributed by atoms with Gasteiger partial charge in [0.15, 0.2) is 0 Å². The smallest absolute Gasteiger partial charge is 0.256 e. The molecule has 0 bridgehead atoms. The van der Waals surface area contributed by atoms with Crippen LogP contribution in [0.4, 0.5) is 5.69 Å². The van der Waals surface area contributed by atoms with E-state index >= 15 is 0 Å². The fourth-order valence-electron chi connectivity index (χ4n) is 5.28. The monoisotopic (exact) mass is 461 g/mol.